The highest BCUT2D eigenvalue weighted by molar-refractivity contribution is 5.87. The second-order valence-corrected chi connectivity index (χ2v) is 7.69. The van der Waals surface area contributed by atoms with Gasteiger partial charge in [0.2, 0.25) is 5.91 Å². The van der Waals surface area contributed by atoms with Crippen LogP contribution in [0.3, 0.4) is 0 Å². The maximum Gasteiger partial charge on any atom is 0.230 e. The largest absolute Gasteiger partial charge is 0.357 e. The molecular formula is C23H23N5O. The van der Waals surface area contributed by atoms with Crippen LogP contribution in [0, 0.1) is 0 Å². The molecule has 2 aromatic heterocycles. The standard InChI is InChI=1S/C23H23N5O/c1-16(18-8-6-17(7-9-18)12-28-15-24-14-25-28)23(29)27-11-10-20-19-4-2-3-5-21(19)26-22(20)13-27/h2-9,14-16,26H,10-13H2,1H3. The van der Waals surface area contributed by atoms with Gasteiger partial charge in [0.1, 0.15) is 12.7 Å². The number of nitrogens with one attached hydrogen (secondary N) is 1. The van der Waals surface area contributed by atoms with E-state index >= 15 is 0 Å². The molecule has 4 aromatic rings. The van der Waals surface area contributed by atoms with Gasteiger partial charge >= 0.3 is 0 Å². The molecule has 1 amide bonds. The molecule has 6 nitrogen and oxygen atoms in total. The first kappa shape index (κ1) is 17.7. The topological polar surface area (TPSA) is 66.8 Å². The van der Waals surface area contributed by atoms with Crippen molar-refractivity contribution in [2.45, 2.75) is 32.4 Å². The number of hydrogen-bond donors (Lipinski definition) is 1. The van der Waals surface area contributed by atoms with Crippen molar-refractivity contribution < 1.29 is 4.79 Å². The number of fused-ring (bicyclic) bond motifs is 3. The molecule has 1 atom stereocenters. The molecule has 0 fully saturated rings. The highest BCUT2D eigenvalue weighted by atomic mass is 16.2. The van der Waals surface area contributed by atoms with E-state index in [1.807, 2.05) is 30.0 Å². The zero-order valence-electron chi connectivity index (χ0n) is 16.4. The number of para-hydroxylation sites is 1. The lowest BCUT2D eigenvalue weighted by Crippen LogP contribution is -2.38. The van der Waals surface area contributed by atoms with Crippen molar-refractivity contribution in [2.75, 3.05) is 6.54 Å². The van der Waals surface area contributed by atoms with Gasteiger partial charge in [-0.3, -0.25) is 4.79 Å². The predicted molar refractivity (Wildman–Crippen MR) is 111 cm³/mol. The number of carbonyl (C=O) groups excluding carboxylic acids is 1. The van der Waals surface area contributed by atoms with E-state index in [-0.39, 0.29) is 11.8 Å². The molecule has 0 bridgehead atoms. The smallest absolute Gasteiger partial charge is 0.230 e. The summed E-state index contributed by atoms with van der Waals surface area (Å²) in [5, 5.41) is 5.42. The average molecular weight is 385 g/mol. The molecular weight excluding hydrogens is 362 g/mol. The Balaban J connectivity index is 1.30. The molecule has 0 aliphatic carbocycles. The molecule has 0 spiro atoms. The van der Waals surface area contributed by atoms with Gasteiger partial charge in [0, 0.05) is 23.1 Å². The number of carbonyl (C=O) groups is 1. The fourth-order valence-corrected chi connectivity index (χ4v) is 4.21. The molecule has 3 heterocycles. The molecule has 5 rings (SSSR count). The van der Waals surface area contributed by atoms with Gasteiger partial charge < -0.3 is 9.88 Å². The first-order valence-electron chi connectivity index (χ1n) is 9.97. The minimum atomic E-state index is -0.165. The van der Waals surface area contributed by atoms with Crippen LogP contribution in [0.15, 0.2) is 61.2 Å². The molecule has 1 aliphatic heterocycles. The van der Waals surface area contributed by atoms with Crippen molar-refractivity contribution in [1.29, 1.82) is 0 Å². The van der Waals surface area contributed by atoms with Crippen molar-refractivity contribution in [3.63, 3.8) is 0 Å². The zero-order valence-corrected chi connectivity index (χ0v) is 16.4. The quantitative estimate of drug-likeness (QED) is 0.585. The van der Waals surface area contributed by atoms with E-state index in [1.165, 1.54) is 23.0 Å². The van der Waals surface area contributed by atoms with Gasteiger partial charge in [0.05, 0.1) is 19.0 Å². The maximum atomic E-state index is 13.2. The molecule has 1 aliphatic rings. The fraction of sp³-hybridized carbons (Fsp3) is 0.261. The number of benzene rings is 2. The van der Waals surface area contributed by atoms with Crippen molar-refractivity contribution >= 4 is 16.8 Å². The lowest BCUT2D eigenvalue weighted by atomic mass is 9.96. The number of aromatic amines is 1. The van der Waals surface area contributed by atoms with Gasteiger partial charge in [-0.15, -0.1) is 0 Å². The zero-order chi connectivity index (χ0) is 19.8. The Hall–Kier alpha value is -3.41. The van der Waals surface area contributed by atoms with E-state index < -0.39 is 0 Å². The Labute approximate surface area is 169 Å². The van der Waals surface area contributed by atoms with Gasteiger partial charge in [-0.2, -0.15) is 5.10 Å². The molecule has 146 valence electrons. The monoisotopic (exact) mass is 385 g/mol. The average Bonchev–Trinajstić information content (AvgIpc) is 3.40. The Bertz CT molecular complexity index is 1140. The third kappa shape index (κ3) is 3.31. The van der Waals surface area contributed by atoms with E-state index in [9.17, 15) is 4.79 Å². The molecule has 0 radical (unpaired) electrons. The van der Waals surface area contributed by atoms with Crippen LogP contribution in [-0.2, 0) is 24.3 Å². The van der Waals surface area contributed by atoms with Gasteiger partial charge in [-0.25, -0.2) is 9.67 Å². The van der Waals surface area contributed by atoms with Gasteiger partial charge in [-0.1, -0.05) is 42.5 Å². The molecule has 6 heteroatoms. The SMILES string of the molecule is CC(C(=O)N1CCc2c([nH]c3ccccc23)C1)c1ccc(Cn2cncn2)cc1. The van der Waals surface area contributed by atoms with E-state index in [4.69, 9.17) is 0 Å². The number of nitrogens with zero attached hydrogens (tertiary/aromatic N) is 4. The van der Waals surface area contributed by atoms with Crippen LogP contribution in [0.25, 0.3) is 10.9 Å². The highest BCUT2D eigenvalue weighted by Crippen LogP contribution is 2.29. The van der Waals surface area contributed by atoms with E-state index in [0.29, 0.717) is 13.1 Å². The minimum absolute atomic E-state index is 0.165. The summed E-state index contributed by atoms with van der Waals surface area (Å²) in [6.45, 7) is 4.09. The van der Waals surface area contributed by atoms with E-state index in [0.717, 1.165) is 29.6 Å². The first-order chi connectivity index (χ1) is 14.2. The lowest BCUT2D eigenvalue weighted by molar-refractivity contribution is -0.133. The normalized spacial score (nSPS) is 14.7. The van der Waals surface area contributed by atoms with E-state index in [1.54, 1.807) is 11.0 Å². The molecule has 0 saturated carbocycles. The fourth-order valence-electron chi connectivity index (χ4n) is 4.21. The van der Waals surface area contributed by atoms with Gasteiger partial charge in [0.15, 0.2) is 0 Å². The summed E-state index contributed by atoms with van der Waals surface area (Å²) in [4.78, 5) is 22.6. The van der Waals surface area contributed by atoms with Crippen LogP contribution in [0.1, 0.15) is 35.2 Å². The Morgan fingerprint density at radius 2 is 2.00 bits per heavy atom. The summed E-state index contributed by atoms with van der Waals surface area (Å²) in [5.41, 5.74) is 5.86. The summed E-state index contributed by atoms with van der Waals surface area (Å²) < 4.78 is 1.79. The molecule has 1 N–H and O–H groups in total. The highest BCUT2D eigenvalue weighted by Gasteiger charge is 2.27. The maximum absolute atomic E-state index is 13.2. The number of rotatable bonds is 4. The van der Waals surface area contributed by atoms with Crippen LogP contribution < -0.4 is 0 Å². The molecule has 1 unspecified atom stereocenters. The molecule has 29 heavy (non-hydrogen) atoms. The first-order valence-corrected chi connectivity index (χ1v) is 9.97. The summed E-state index contributed by atoms with van der Waals surface area (Å²) in [6.07, 6.45) is 4.13. The number of H-pyrrole nitrogens is 1. The van der Waals surface area contributed by atoms with Crippen LogP contribution in [0.5, 0.6) is 0 Å². The third-order valence-electron chi connectivity index (χ3n) is 5.86. The van der Waals surface area contributed by atoms with Crippen molar-refractivity contribution in [1.82, 2.24) is 24.6 Å². The molecule has 0 saturated heterocycles. The second-order valence-electron chi connectivity index (χ2n) is 7.69. The van der Waals surface area contributed by atoms with Crippen LogP contribution in [0.2, 0.25) is 0 Å². The van der Waals surface area contributed by atoms with Crippen LogP contribution in [-0.4, -0.2) is 37.1 Å². The van der Waals surface area contributed by atoms with Gasteiger partial charge in [0.25, 0.3) is 0 Å². The predicted octanol–water partition coefficient (Wildman–Crippen LogP) is 3.50. The Kier molecular flexibility index (Phi) is 4.39. The summed E-state index contributed by atoms with van der Waals surface area (Å²) in [5.74, 6) is 0.0136. The number of hydrogen-bond acceptors (Lipinski definition) is 3. The Morgan fingerprint density at radius 1 is 1.17 bits per heavy atom. The minimum Gasteiger partial charge on any atom is -0.357 e. The Morgan fingerprint density at radius 3 is 2.79 bits per heavy atom. The summed E-state index contributed by atoms with van der Waals surface area (Å²) in [6, 6.07) is 16.6. The second kappa shape index (κ2) is 7.20. The van der Waals surface area contributed by atoms with Crippen LogP contribution in [0.4, 0.5) is 0 Å². The third-order valence-corrected chi connectivity index (χ3v) is 5.86. The van der Waals surface area contributed by atoms with Crippen molar-refractivity contribution in [3.8, 4) is 0 Å². The summed E-state index contributed by atoms with van der Waals surface area (Å²) in [7, 11) is 0. The van der Waals surface area contributed by atoms with E-state index in [2.05, 4.69) is 45.4 Å². The number of amides is 1. The molecule has 2 aromatic carbocycles. The van der Waals surface area contributed by atoms with Gasteiger partial charge in [-0.05, 0) is 36.1 Å². The van der Waals surface area contributed by atoms with Crippen molar-refractivity contribution in [3.05, 3.63) is 83.6 Å². The summed E-state index contributed by atoms with van der Waals surface area (Å²) >= 11 is 0. The lowest BCUT2D eigenvalue weighted by Gasteiger charge is -2.29. The van der Waals surface area contributed by atoms with Crippen LogP contribution >= 0.6 is 0 Å². The van der Waals surface area contributed by atoms with Crippen molar-refractivity contribution in [2.24, 2.45) is 0 Å². The number of aromatic nitrogens is 4.